The highest BCUT2D eigenvalue weighted by atomic mass is 35.5. The van der Waals surface area contributed by atoms with Crippen molar-refractivity contribution < 1.29 is 8.78 Å². The normalized spacial score (nSPS) is 13.4. The Bertz CT molecular complexity index is 366. The maximum Gasteiger partial charge on any atom is 0.254 e. The highest BCUT2D eigenvalue weighted by molar-refractivity contribution is 6.31. The minimum Gasteiger partial charge on any atom is -0.309 e. The lowest BCUT2D eigenvalue weighted by atomic mass is 10.1. The molecule has 0 amide bonds. The van der Waals surface area contributed by atoms with Crippen LogP contribution in [0.1, 0.15) is 24.7 Å². The number of hydrogen-bond donors (Lipinski definition) is 1. The van der Waals surface area contributed by atoms with E-state index in [9.17, 15) is 8.78 Å². The second-order valence-electron chi connectivity index (χ2n) is 4.07. The van der Waals surface area contributed by atoms with E-state index in [4.69, 9.17) is 11.6 Å². The summed E-state index contributed by atoms with van der Waals surface area (Å²) < 4.78 is 27.3. The summed E-state index contributed by atoms with van der Waals surface area (Å²) >= 11 is 6.04. The van der Waals surface area contributed by atoms with Crippen LogP contribution in [0.3, 0.4) is 0 Å². The zero-order valence-corrected chi connectivity index (χ0v) is 11.1. The number of aryl methyl sites for hydroxylation is 2. The predicted octanol–water partition coefficient (Wildman–Crippen LogP) is 2.56. The summed E-state index contributed by atoms with van der Waals surface area (Å²) in [6, 6.07) is -0.873. The smallest absolute Gasteiger partial charge is 0.254 e. The van der Waals surface area contributed by atoms with Crippen LogP contribution in [0.5, 0.6) is 0 Å². The minimum atomic E-state index is -2.41. The molecule has 0 saturated carbocycles. The first-order valence-corrected chi connectivity index (χ1v) is 6.04. The first-order valence-electron chi connectivity index (χ1n) is 5.66. The Labute approximate surface area is 105 Å². The maximum absolute atomic E-state index is 12.8. The zero-order valence-electron chi connectivity index (χ0n) is 10.3. The van der Waals surface area contributed by atoms with Gasteiger partial charge in [0.2, 0.25) is 0 Å². The molecule has 0 fully saturated rings. The second-order valence-corrected chi connectivity index (χ2v) is 4.45. The summed E-state index contributed by atoms with van der Waals surface area (Å²) in [5.74, 6) is 0. The van der Waals surface area contributed by atoms with E-state index in [-0.39, 0.29) is 6.42 Å². The van der Waals surface area contributed by atoms with E-state index in [1.54, 1.807) is 18.7 Å². The first-order chi connectivity index (χ1) is 7.97. The van der Waals surface area contributed by atoms with Crippen molar-refractivity contribution in [3.8, 4) is 0 Å². The van der Waals surface area contributed by atoms with Crippen LogP contribution >= 0.6 is 11.6 Å². The van der Waals surface area contributed by atoms with Crippen LogP contribution in [0.2, 0.25) is 5.02 Å². The van der Waals surface area contributed by atoms with Crippen LogP contribution in [0.25, 0.3) is 0 Å². The van der Waals surface area contributed by atoms with E-state index in [2.05, 4.69) is 10.4 Å². The summed E-state index contributed by atoms with van der Waals surface area (Å²) in [5, 5.41) is 7.43. The molecule has 1 aromatic heterocycles. The molecule has 3 nitrogen and oxygen atoms in total. The van der Waals surface area contributed by atoms with Gasteiger partial charge in [0.1, 0.15) is 0 Å². The Balaban J connectivity index is 2.78. The van der Waals surface area contributed by atoms with Gasteiger partial charge >= 0.3 is 0 Å². The van der Waals surface area contributed by atoms with Gasteiger partial charge in [-0.05, 0) is 19.9 Å². The molecular formula is C11H18ClF2N3. The third-order valence-electron chi connectivity index (χ3n) is 2.64. The zero-order chi connectivity index (χ0) is 13.0. The highest BCUT2D eigenvalue weighted by Gasteiger charge is 2.23. The Morgan fingerprint density at radius 1 is 1.47 bits per heavy atom. The Morgan fingerprint density at radius 3 is 2.53 bits per heavy atom. The SMILES string of the molecule is CCCNC(Cc1c(Cl)c(C)nn1C)C(F)F. The second kappa shape index (κ2) is 6.31. The summed E-state index contributed by atoms with van der Waals surface area (Å²) in [5.41, 5.74) is 1.32. The summed E-state index contributed by atoms with van der Waals surface area (Å²) in [4.78, 5) is 0. The van der Waals surface area contributed by atoms with Gasteiger partial charge in [-0.3, -0.25) is 4.68 Å². The van der Waals surface area contributed by atoms with Gasteiger partial charge in [0.25, 0.3) is 6.43 Å². The number of hydrogen-bond acceptors (Lipinski definition) is 2. The summed E-state index contributed by atoms with van der Waals surface area (Å²) in [6.07, 6.45) is -1.40. The van der Waals surface area contributed by atoms with E-state index in [0.29, 0.717) is 23.0 Å². The molecular weight excluding hydrogens is 248 g/mol. The van der Waals surface area contributed by atoms with Crippen molar-refractivity contribution in [2.24, 2.45) is 7.05 Å². The van der Waals surface area contributed by atoms with Gasteiger partial charge in [-0.25, -0.2) is 8.78 Å². The standard InChI is InChI=1S/C11H18ClF2N3/c1-4-5-15-8(11(13)14)6-9-10(12)7(2)16-17(9)3/h8,11,15H,4-6H2,1-3H3. The van der Waals surface area contributed by atoms with E-state index in [1.165, 1.54) is 0 Å². The van der Waals surface area contributed by atoms with Crippen LogP contribution in [0, 0.1) is 6.92 Å². The fourth-order valence-electron chi connectivity index (χ4n) is 1.69. The van der Waals surface area contributed by atoms with Crippen molar-refractivity contribution in [1.82, 2.24) is 15.1 Å². The third-order valence-corrected chi connectivity index (χ3v) is 3.13. The lowest BCUT2D eigenvalue weighted by Gasteiger charge is -2.17. The molecule has 17 heavy (non-hydrogen) atoms. The van der Waals surface area contributed by atoms with Gasteiger partial charge in [0.15, 0.2) is 0 Å². The van der Waals surface area contributed by atoms with Crippen molar-refractivity contribution >= 4 is 11.6 Å². The molecule has 1 aromatic rings. The highest BCUT2D eigenvalue weighted by Crippen LogP contribution is 2.22. The van der Waals surface area contributed by atoms with Crippen molar-refractivity contribution in [3.63, 3.8) is 0 Å². The number of rotatable bonds is 6. The molecule has 1 N–H and O–H groups in total. The third kappa shape index (κ3) is 3.64. The number of nitrogens with one attached hydrogen (secondary N) is 1. The minimum absolute atomic E-state index is 0.188. The average molecular weight is 266 g/mol. The molecule has 0 aliphatic rings. The van der Waals surface area contributed by atoms with Crippen LogP contribution < -0.4 is 5.32 Å². The summed E-state index contributed by atoms with van der Waals surface area (Å²) in [7, 11) is 1.72. The van der Waals surface area contributed by atoms with Crippen LogP contribution in [0.4, 0.5) is 8.78 Å². The topological polar surface area (TPSA) is 29.9 Å². The Morgan fingerprint density at radius 2 is 2.12 bits per heavy atom. The first kappa shape index (κ1) is 14.4. The van der Waals surface area contributed by atoms with Gasteiger partial charge in [0.05, 0.1) is 22.5 Å². The molecule has 0 saturated heterocycles. The monoisotopic (exact) mass is 265 g/mol. The van der Waals surface area contributed by atoms with Crippen LogP contribution in [-0.4, -0.2) is 28.8 Å². The van der Waals surface area contributed by atoms with Gasteiger partial charge < -0.3 is 5.32 Å². The molecule has 1 unspecified atom stereocenters. The van der Waals surface area contributed by atoms with Gasteiger partial charge in [-0.2, -0.15) is 5.10 Å². The Kier molecular flexibility index (Phi) is 5.33. The molecule has 0 aliphatic heterocycles. The average Bonchev–Trinajstić information content (AvgIpc) is 2.49. The largest absolute Gasteiger partial charge is 0.309 e. The predicted molar refractivity (Wildman–Crippen MR) is 64.7 cm³/mol. The van der Waals surface area contributed by atoms with Crippen LogP contribution in [-0.2, 0) is 13.5 Å². The molecule has 98 valence electrons. The molecule has 1 heterocycles. The van der Waals surface area contributed by atoms with Gasteiger partial charge in [0, 0.05) is 13.5 Å². The van der Waals surface area contributed by atoms with E-state index < -0.39 is 12.5 Å². The van der Waals surface area contributed by atoms with Crippen molar-refractivity contribution in [2.75, 3.05) is 6.54 Å². The fourth-order valence-corrected chi connectivity index (χ4v) is 1.93. The molecule has 6 heteroatoms. The van der Waals surface area contributed by atoms with E-state index >= 15 is 0 Å². The van der Waals surface area contributed by atoms with Crippen molar-refractivity contribution in [1.29, 1.82) is 0 Å². The van der Waals surface area contributed by atoms with E-state index in [0.717, 1.165) is 6.42 Å². The molecule has 0 spiro atoms. The van der Waals surface area contributed by atoms with E-state index in [1.807, 2.05) is 6.92 Å². The fraction of sp³-hybridized carbons (Fsp3) is 0.727. The molecule has 1 atom stereocenters. The van der Waals surface area contributed by atoms with Crippen molar-refractivity contribution in [2.45, 2.75) is 39.2 Å². The lowest BCUT2D eigenvalue weighted by molar-refractivity contribution is 0.0974. The number of alkyl halides is 2. The lowest BCUT2D eigenvalue weighted by Crippen LogP contribution is -2.38. The Hall–Kier alpha value is -0.680. The quantitative estimate of drug-likeness (QED) is 0.857. The summed E-state index contributed by atoms with van der Waals surface area (Å²) in [6.45, 7) is 4.28. The van der Waals surface area contributed by atoms with Crippen LogP contribution in [0.15, 0.2) is 0 Å². The number of aromatic nitrogens is 2. The molecule has 1 rings (SSSR count). The molecule has 0 aromatic carbocycles. The molecule has 0 radical (unpaired) electrons. The maximum atomic E-state index is 12.8. The number of nitrogens with zero attached hydrogens (tertiary/aromatic N) is 2. The molecule has 0 bridgehead atoms. The number of halogens is 3. The molecule has 0 aliphatic carbocycles. The van der Waals surface area contributed by atoms with Crippen molar-refractivity contribution in [3.05, 3.63) is 16.4 Å². The van der Waals surface area contributed by atoms with Gasteiger partial charge in [-0.15, -0.1) is 0 Å². The van der Waals surface area contributed by atoms with Gasteiger partial charge in [-0.1, -0.05) is 18.5 Å².